The Bertz CT molecular complexity index is 3200. The molecule has 1 heterocycles. The maximum Gasteiger partial charge on any atom is 0.355 e. The van der Waals surface area contributed by atoms with Gasteiger partial charge in [-0.05, 0) is 72.1 Å². The van der Waals surface area contributed by atoms with Crippen LogP contribution in [0.25, 0.3) is 10.8 Å². The number of aromatic hydroxyl groups is 1. The summed E-state index contributed by atoms with van der Waals surface area (Å²) in [4.78, 5) is 23.0. The quantitative estimate of drug-likeness (QED) is 0.0364. The SMILES string of the molecule is Nc1ccc(N=Nc2cc(OCCO)c(N=Nc3c(S(=O)(=O)O)cc4cc(N=NC5C(=O)N(c6ccc(S(=O)(=O)O)cc6)N=C5C(=O)O)ccc4c3O)cc2OCCO)c(S(=O)(=O)O)c1. The number of carbonyl (C=O) groups excluding carboxylic acids is 1. The summed E-state index contributed by atoms with van der Waals surface area (Å²) in [5.41, 5.74) is 3.06. The molecule has 5 aromatic rings. The summed E-state index contributed by atoms with van der Waals surface area (Å²) in [6, 6.07) is 12.3. The van der Waals surface area contributed by atoms with Crippen molar-refractivity contribution in [2.45, 2.75) is 20.7 Å². The van der Waals surface area contributed by atoms with Crippen LogP contribution in [0.3, 0.4) is 0 Å². The topological polar surface area (TPSA) is 412 Å². The van der Waals surface area contributed by atoms with Crippen LogP contribution in [-0.2, 0) is 39.9 Å². The average molecular weight is 958 g/mol. The van der Waals surface area contributed by atoms with Crippen molar-refractivity contribution in [3.05, 3.63) is 78.9 Å². The maximum absolute atomic E-state index is 13.2. The summed E-state index contributed by atoms with van der Waals surface area (Å²) >= 11 is 0. The van der Waals surface area contributed by atoms with E-state index in [1.54, 1.807) is 0 Å². The van der Waals surface area contributed by atoms with E-state index in [0.29, 0.717) is 5.01 Å². The number of hydrazone groups is 1. The first kappa shape index (κ1) is 47.1. The Balaban J connectivity index is 1.36. The van der Waals surface area contributed by atoms with Crippen molar-refractivity contribution in [2.75, 3.05) is 37.2 Å². The molecule has 26 nitrogen and oxygen atoms in total. The number of carbonyl (C=O) groups is 2. The minimum absolute atomic E-state index is 0.0194. The molecular weight excluding hydrogens is 927 g/mol. The summed E-state index contributed by atoms with van der Waals surface area (Å²) in [6.45, 7) is -1.74. The molecule has 29 heteroatoms. The van der Waals surface area contributed by atoms with Crippen LogP contribution in [0, 0.1) is 0 Å². The fraction of sp³-hybridized carbons (Fsp3) is 0.139. The second-order valence-corrected chi connectivity index (χ2v) is 17.2. The van der Waals surface area contributed by atoms with Crippen molar-refractivity contribution in [3.8, 4) is 17.2 Å². The summed E-state index contributed by atoms with van der Waals surface area (Å²) in [5.74, 6) is -3.94. The Labute approximate surface area is 365 Å². The lowest BCUT2D eigenvalue weighted by Crippen LogP contribution is -2.33. The van der Waals surface area contributed by atoms with Crippen molar-refractivity contribution in [2.24, 2.45) is 35.8 Å². The molecule has 1 amide bonds. The number of aliphatic hydroxyl groups excluding tert-OH is 2. The molecule has 9 N–H and O–H groups in total. The number of nitrogens with zero attached hydrogens (tertiary/aromatic N) is 8. The molecule has 1 atom stereocenters. The van der Waals surface area contributed by atoms with E-state index in [-0.39, 0.29) is 69.6 Å². The van der Waals surface area contributed by atoms with Crippen LogP contribution in [0.5, 0.6) is 17.2 Å². The number of phenolic OH excluding ortho intramolecular Hbond substituents is 1. The van der Waals surface area contributed by atoms with Crippen LogP contribution in [0.15, 0.2) is 129 Å². The highest BCUT2D eigenvalue weighted by atomic mass is 32.2. The summed E-state index contributed by atoms with van der Waals surface area (Å²) in [5, 5.41) is 67.6. The number of nitrogen functional groups attached to an aromatic ring is 1. The smallest absolute Gasteiger partial charge is 0.355 e. The maximum atomic E-state index is 13.2. The van der Waals surface area contributed by atoms with E-state index in [0.717, 1.165) is 60.7 Å². The summed E-state index contributed by atoms with van der Waals surface area (Å²) in [6.07, 6.45) is 0. The predicted molar refractivity (Wildman–Crippen MR) is 223 cm³/mol. The zero-order chi connectivity index (χ0) is 47.4. The number of azo groups is 3. The van der Waals surface area contributed by atoms with E-state index in [4.69, 9.17) is 15.2 Å². The van der Waals surface area contributed by atoms with Gasteiger partial charge in [-0.25, -0.2) is 4.79 Å². The van der Waals surface area contributed by atoms with Crippen molar-refractivity contribution in [1.29, 1.82) is 0 Å². The van der Waals surface area contributed by atoms with Crippen molar-refractivity contribution < 1.29 is 78.4 Å². The Morgan fingerprint density at radius 2 is 1.29 bits per heavy atom. The van der Waals surface area contributed by atoms with E-state index >= 15 is 0 Å². The molecule has 0 fully saturated rings. The number of carboxylic acid groups (broad SMARTS) is 1. The molecule has 0 radical (unpaired) electrons. The Morgan fingerprint density at radius 1 is 0.708 bits per heavy atom. The van der Waals surface area contributed by atoms with E-state index in [2.05, 4.69) is 35.8 Å². The lowest BCUT2D eigenvalue weighted by molar-refractivity contribution is -0.130. The molecule has 1 aliphatic heterocycles. The number of aliphatic carboxylic acids is 1. The van der Waals surface area contributed by atoms with E-state index < -0.39 is 93.3 Å². The Kier molecular flexibility index (Phi) is 13.6. The zero-order valence-corrected chi connectivity index (χ0v) is 35.0. The molecule has 0 saturated carbocycles. The van der Waals surface area contributed by atoms with Gasteiger partial charge in [0, 0.05) is 23.2 Å². The van der Waals surface area contributed by atoms with Crippen molar-refractivity contribution in [1.82, 2.24) is 0 Å². The number of fused-ring (bicyclic) bond motifs is 1. The van der Waals surface area contributed by atoms with Crippen LogP contribution in [0.4, 0.5) is 39.8 Å². The standard InChI is InChI=1S/C36H31N9O17S3/c37-19-1-8-24(29(15-19)64(55,56)57)39-40-25-16-28(62-12-10-47)26(17-27(25)61-11-9-46)41-42-31-30(65(58,59)60)14-18-13-20(2-7-23(18)34(31)48)38-43-32-33(36(50)51)44-45(35(32)49)21-3-5-22(6-4-21)63(52,53)54/h1-8,13-17,32,46-48H,9-12,37H2,(H,50,51)(H,52,53,54)(H,55,56,57)(H,58,59,60). The lowest BCUT2D eigenvalue weighted by atomic mass is 10.1. The fourth-order valence-electron chi connectivity index (χ4n) is 5.74. The van der Waals surface area contributed by atoms with Gasteiger partial charge in [0.1, 0.15) is 57.3 Å². The summed E-state index contributed by atoms with van der Waals surface area (Å²) in [7, 11) is -14.6. The van der Waals surface area contributed by atoms with Gasteiger partial charge in [-0.2, -0.15) is 45.6 Å². The van der Waals surface area contributed by atoms with Gasteiger partial charge in [0.2, 0.25) is 6.04 Å². The number of anilines is 2. The Hall–Kier alpha value is -7.38. The second-order valence-electron chi connectivity index (χ2n) is 13.0. The van der Waals surface area contributed by atoms with E-state index in [1.807, 2.05) is 0 Å². The minimum Gasteiger partial charge on any atom is -0.505 e. The molecular formula is C36H31N9O17S3. The molecule has 340 valence electrons. The van der Waals surface area contributed by atoms with Gasteiger partial charge < -0.3 is 35.6 Å². The number of phenols is 1. The molecule has 0 saturated heterocycles. The predicted octanol–water partition coefficient (Wildman–Crippen LogP) is 4.38. The molecule has 0 spiro atoms. The molecule has 0 aromatic heterocycles. The number of carboxylic acids is 1. The van der Waals surface area contributed by atoms with Crippen LogP contribution >= 0.6 is 0 Å². The Morgan fingerprint density at radius 3 is 1.85 bits per heavy atom. The van der Waals surface area contributed by atoms with Crippen molar-refractivity contribution in [3.63, 3.8) is 0 Å². The molecule has 65 heavy (non-hydrogen) atoms. The van der Waals surface area contributed by atoms with Gasteiger partial charge in [0.05, 0.1) is 29.5 Å². The van der Waals surface area contributed by atoms with Gasteiger partial charge in [-0.3, -0.25) is 18.5 Å². The normalized spacial score (nSPS) is 14.8. The number of amides is 1. The minimum atomic E-state index is -5.22. The number of aliphatic hydroxyl groups is 2. The number of nitrogens with two attached hydrogens (primary N) is 1. The van der Waals surface area contributed by atoms with Gasteiger partial charge in [-0.1, -0.05) is 0 Å². The monoisotopic (exact) mass is 957 g/mol. The number of rotatable bonds is 17. The molecule has 6 rings (SSSR count). The third-order valence-electron chi connectivity index (χ3n) is 8.63. The van der Waals surface area contributed by atoms with Crippen LogP contribution in [-0.4, -0.2) is 109 Å². The van der Waals surface area contributed by atoms with Gasteiger partial charge in [-0.15, -0.1) is 20.5 Å². The average Bonchev–Trinajstić information content (AvgIpc) is 3.58. The first-order valence-electron chi connectivity index (χ1n) is 17.9. The van der Waals surface area contributed by atoms with E-state index in [9.17, 15) is 68.9 Å². The third-order valence-corrected chi connectivity index (χ3v) is 11.2. The van der Waals surface area contributed by atoms with E-state index in [1.165, 1.54) is 18.2 Å². The zero-order valence-electron chi connectivity index (χ0n) is 32.5. The van der Waals surface area contributed by atoms with Crippen LogP contribution in [0.2, 0.25) is 0 Å². The number of benzene rings is 5. The second kappa shape index (κ2) is 18.8. The van der Waals surface area contributed by atoms with Gasteiger partial charge in [0.25, 0.3) is 36.3 Å². The highest BCUT2D eigenvalue weighted by molar-refractivity contribution is 7.86. The van der Waals surface area contributed by atoms with Crippen LogP contribution < -0.4 is 20.2 Å². The lowest BCUT2D eigenvalue weighted by Gasteiger charge is -2.13. The highest BCUT2D eigenvalue weighted by Gasteiger charge is 2.41. The number of hydrogen-bond donors (Lipinski definition) is 8. The highest BCUT2D eigenvalue weighted by Crippen LogP contribution is 2.45. The molecule has 1 aliphatic rings. The van der Waals surface area contributed by atoms with Crippen LogP contribution in [0.1, 0.15) is 0 Å². The molecule has 0 bridgehead atoms. The molecule has 1 unspecified atom stereocenters. The number of ether oxygens (including phenoxy) is 2. The van der Waals surface area contributed by atoms with Gasteiger partial charge in [0.15, 0.2) is 11.5 Å². The van der Waals surface area contributed by atoms with Crippen molar-refractivity contribution >= 4 is 98.5 Å². The number of hydrogen-bond acceptors (Lipinski definition) is 21. The summed E-state index contributed by atoms with van der Waals surface area (Å²) < 4.78 is 112. The largest absolute Gasteiger partial charge is 0.505 e. The fourth-order valence-corrected chi connectivity index (χ4v) is 7.54. The first-order valence-corrected chi connectivity index (χ1v) is 22.2. The third kappa shape index (κ3) is 10.7. The van der Waals surface area contributed by atoms with Gasteiger partial charge >= 0.3 is 5.97 Å². The first-order chi connectivity index (χ1) is 30.6. The molecule has 5 aromatic carbocycles. The molecule has 0 aliphatic carbocycles.